The number of rotatable bonds is 3. The van der Waals surface area contributed by atoms with Crippen LogP contribution in [0.25, 0.3) is 0 Å². The van der Waals surface area contributed by atoms with E-state index in [1.807, 2.05) is 20.8 Å². The normalized spacial score (nSPS) is 26.5. The summed E-state index contributed by atoms with van der Waals surface area (Å²) in [5.41, 5.74) is -0.357. The molecule has 1 aliphatic carbocycles. The van der Waals surface area contributed by atoms with E-state index in [-0.39, 0.29) is 23.2 Å². The smallest absolute Gasteiger partial charge is 0.294 e. The zero-order valence-corrected chi connectivity index (χ0v) is 8.65. The predicted octanol–water partition coefficient (Wildman–Crippen LogP) is 1.59. The lowest BCUT2D eigenvalue weighted by molar-refractivity contribution is -0.772. The molecule has 0 saturated heterocycles. The Hall–Kier alpha value is -1.13. The van der Waals surface area contributed by atoms with Gasteiger partial charge in [0.25, 0.3) is 5.09 Å². The van der Waals surface area contributed by atoms with Crippen LogP contribution in [0, 0.1) is 21.4 Å². The van der Waals surface area contributed by atoms with E-state index in [2.05, 4.69) is 4.84 Å². The number of Topliss-reactive ketones (excluding diaryl/α,β-unsaturated/α-hetero) is 1. The molecule has 0 bridgehead atoms. The van der Waals surface area contributed by atoms with E-state index >= 15 is 0 Å². The number of carbonyl (C=O) groups is 1. The fourth-order valence-electron chi connectivity index (χ4n) is 1.60. The summed E-state index contributed by atoms with van der Waals surface area (Å²) < 4.78 is 0. The zero-order chi connectivity index (χ0) is 10.9. The summed E-state index contributed by atoms with van der Waals surface area (Å²) in [6.07, 6.45) is 0.593. The first-order valence-corrected chi connectivity index (χ1v) is 4.66. The van der Waals surface area contributed by atoms with Crippen LogP contribution in [-0.4, -0.2) is 17.0 Å². The Kier molecular flexibility index (Phi) is 2.78. The lowest BCUT2D eigenvalue weighted by Crippen LogP contribution is -2.41. The number of carbonyl (C=O) groups excluding carboxylic acids is 1. The Bertz CT molecular complexity index is 250. The lowest BCUT2D eigenvalue weighted by atomic mass is 9.71. The third-order valence-corrected chi connectivity index (χ3v) is 2.44. The van der Waals surface area contributed by atoms with Crippen LogP contribution in [0.4, 0.5) is 0 Å². The highest BCUT2D eigenvalue weighted by atomic mass is 17.0. The second-order valence-electron chi connectivity index (χ2n) is 4.73. The van der Waals surface area contributed by atoms with Gasteiger partial charge < -0.3 is 4.84 Å². The van der Waals surface area contributed by atoms with Crippen molar-refractivity contribution in [3.05, 3.63) is 10.1 Å². The molecule has 0 heterocycles. The molecular weight excluding hydrogens is 186 g/mol. The van der Waals surface area contributed by atoms with Gasteiger partial charge in [-0.3, -0.25) is 4.79 Å². The van der Waals surface area contributed by atoms with Crippen molar-refractivity contribution in [3.8, 4) is 0 Å². The van der Waals surface area contributed by atoms with Gasteiger partial charge in [-0.2, -0.15) is 0 Å². The fraction of sp³-hybridized carbons (Fsp3) is 0.889. The largest absolute Gasteiger partial charge is 0.311 e. The van der Waals surface area contributed by atoms with E-state index in [9.17, 15) is 14.9 Å². The molecule has 0 aromatic heterocycles. The Balaban J connectivity index is 2.35. The summed E-state index contributed by atoms with van der Waals surface area (Å²) in [5, 5.41) is 9.19. The Morgan fingerprint density at radius 2 is 1.93 bits per heavy atom. The number of hydrogen-bond donors (Lipinski definition) is 0. The molecule has 0 aromatic rings. The highest BCUT2D eigenvalue weighted by Gasteiger charge is 2.40. The SMILES string of the molecule is CC(C)(C)C(=O)[C@H]1C[C@H](O[N+](=O)[O-])C1. The van der Waals surface area contributed by atoms with Crippen molar-refractivity contribution in [2.24, 2.45) is 11.3 Å². The third-order valence-electron chi connectivity index (χ3n) is 2.44. The van der Waals surface area contributed by atoms with Crippen molar-refractivity contribution in [2.75, 3.05) is 0 Å². The van der Waals surface area contributed by atoms with Crippen LogP contribution in [0.1, 0.15) is 33.6 Å². The molecule has 0 amide bonds. The maximum atomic E-state index is 11.7. The first kappa shape index (κ1) is 10.9. The summed E-state index contributed by atoms with van der Waals surface area (Å²) in [5.74, 6) is 0.112. The van der Waals surface area contributed by atoms with E-state index in [0.29, 0.717) is 12.8 Å². The second-order valence-corrected chi connectivity index (χ2v) is 4.73. The minimum absolute atomic E-state index is 0.0556. The molecule has 14 heavy (non-hydrogen) atoms. The maximum absolute atomic E-state index is 11.7. The van der Waals surface area contributed by atoms with Gasteiger partial charge in [-0.25, -0.2) is 0 Å². The van der Waals surface area contributed by atoms with E-state index in [0.717, 1.165) is 0 Å². The van der Waals surface area contributed by atoms with Crippen LogP contribution >= 0.6 is 0 Å². The van der Waals surface area contributed by atoms with Gasteiger partial charge in [0.1, 0.15) is 11.9 Å². The van der Waals surface area contributed by atoms with Crippen LogP contribution in [0.15, 0.2) is 0 Å². The Labute approximate surface area is 82.5 Å². The van der Waals surface area contributed by atoms with E-state index < -0.39 is 5.09 Å². The number of nitrogens with zero attached hydrogens (tertiary/aromatic N) is 1. The van der Waals surface area contributed by atoms with E-state index in [4.69, 9.17) is 0 Å². The summed E-state index contributed by atoms with van der Waals surface area (Å²) in [4.78, 5) is 26.0. The van der Waals surface area contributed by atoms with Crippen LogP contribution in [0.2, 0.25) is 0 Å². The summed E-state index contributed by atoms with van der Waals surface area (Å²) in [6, 6.07) is 0. The second kappa shape index (κ2) is 3.55. The van der Waals surface area contributed by atoms with Crippen molar-refractivity contribution >= 4 is 5.78 Å². The molecule has 0 N–H and O–H groups in total. The molecule has 5 heteroatoms. The molecule has 5 nitrogen and oxygen atoms in total. The predicted molar refractivity (Wildman–Crippen MR) is 49.1 cm³/mol. The summed E-state index contributed by atoms with van der Waals surface area (Å²) >= 11 is 0. The van der Waals surface area contributed by atoms with Crippen LogP contribution in [0.5, 0.6) is 0 Å². The lowest BCUT2D eigenvalue weighted by Gasteiger charge is -2.35. The van der Waals surface area contributed by atoms with Gasteiger partial charge >= 0.3 is 0 Å². The van der Waals surface area contributed by atoms with E-state index in [1.54, 1.807) is 0 Å². The standard InChI is InChI=1S/C9H15NO4/c1-9(2,3)8(11)6-4-7(5-6)14-10(12)13/h6-7H,4-5H2,1-3H3/t6-,7-. The summed E-state index contributed by atoms with van der Waals surface area (Å²) in [7, 11) is 0. The zero-order valence-electron chi connectivity index (χ0n) is 8.65. The molecule has 0 aromatic carbocycles. The van der Waals surface area contributed by atoms with Crippen molar-refractivity contribution < 1.29 is 14.7 Å². The fourth-order valence-corrected chi connectivity index (χ4v) is 1.60. The Morgan fingerprint density at radius 1 is 1.43 bits per heavy atom. The van der Waals surface area contributed by atoms with Gasteiger partial charge in [-0.15, -0.1) is 10.1 Å². The molecule has 0 spiro atoms. The van der Waals surface area contributed by atoms with Crippen molar-refractivity contribution in [2.45, 2.75) is 39.7 Å². The van der Waals surface area contributed by atoms with Gasteiger partial charge in [0.15, 0.2) is 0 Å². The molecule has 0 atom stereocenters. The average molecular weight is 201 g/mol. The van der Waals surface area contributed by atoms with Gasteiger partial charge in [0.2, 0.25) is 0 Å². The summed E-state index contributed by atoms with van der Waals surface area (Å²) in [6.45, 7) is 5.57. The van der Waals surface area contributed by atoms with Gasteiger partial charge in [-0.1, -0.05) is 20.8 Å². The molecule has 1 aliphatic rings. The molecule has 1 rings (SSSR count). The van der Waals surface area contributed by atoms with Gasteiger partial charge in [0.05, 0.1) is 0 Å². The highest BCUT2D eigenvalue weighted by Crippen LogP contribution is 2.35. The van der Waals surface area contributed by atoms with Crippen LogP contribution < -0.4 is 0 Å². The molecular formula is C9H15NO4. The highest BCUT2D eigenvalue weighted by molar-refractivity contribution is 5.86. The monoisotopic (exact) mass is 201 g/mol. The van der Waals surface area contributed by atoms with Gasteiger partial charge in [0, 0.05) is 11.3 Å². The minimum atomic E-state index is -0.789. The van der Waals surface area contributed by atoms with E-state index in [1.165, 1.54) is 0 Å². The molecule has 80 valence electrons. The van der Waals surface area contributed by atoms with Crippen LogP contribution in [0.3, 0.4) is 0 Å². The number of hydrogen-bond acceptors (Lipinski definition) is 4. The molecule has 0 radical (unpaired) electrons. The van der Waals surface area contributed by atoms with Crippen molar-refractivity contribution in [1.82, 2.24) is 0 Å². The molecule has 0 aliphatic heterocycles. The molecule has 0 unspecified atom stereocenters. The van der Waals surface area contributed by atoms with Crippen LogP contribution in [-0.2, 0) is 9.63 Å². The maximum Gasteiger partial charge on any atom is 0.294 e. The topological polar surface area (TPSA) is 69.4 Å². The van der Waals surface area contributed by atoms with Crippen molar-refractivity contribution in [1.29, 1.82) is 0 Å². The third kappa shape index (κ3) is 2.43. The first-order chi connectivity index (χ1) is 6.30. The molecule has 1 fully saturated rings. The first-order valence-electron chi connectivity index (χ1n) is 4.66. The molecule has 1 saturated carbocycles. The average Bonchev–Trinajstić information content (AvgIpc) is 1.92. The van der Waals surface area contributed by atoms with Crippen molar-refractivity contribution in [3.63, 3.8) is 0 Å². The van der Waals surface area contributed by atoms with Gasteiger partial charge in [-0.05, 0) is 12.8 Å². The Morgan fingerprint density at radius 3 is 2.29 bits per heavy atom. The quantitative estimate of drug-likeness (QED) is 0.513. The minimum Gasteiger partial charge on any atom is -0.311 e. The number of ketones is 1.